The van der Waals surface area contributed by atoms with Crippen molar-refractivity contribution < 1.29 is 22.7 Å². The van der Waals surface area contributed by atoms with E-state index >= 15 is 0 Å². The second kappa shape index (κ2) is 10.4. The summed E-state index contributed by atoms with van der Waals surface area (Å²) in [5.74, 6) is 0.0333. The Kier molecular flexibility index (Phi) is 7.62. The summed E-state index contributed by atoms with van der Waals surface area (Å²) in [6.07, 6.45) is 0. The van der Waals surface area contributed by atoms with Gasteiger partial charge in [-0.2, -0.15) is 0 Å². The molecule has 0 unspecified atom stereocenters. The maximum Gasteiger partial charge on any atom is 0.338 e. The molecule has 3 aromatic carbocycles. The van der Waals surface area contributed by atoms with E-state index < -0.39 is 16.0 Å². The van der Waals surface area contributed by atoms with Gasteiger partial charge in [-0.05, 0) is 42.0 Å². The molecule has 0 saturated carbocycles. The average molecular weight is 490 g/mol. The van der Waals surface area contributed by atoms with E-state index in [0.29, 0.717) is 5.75 Å². The lowest BCUT2D eigenvalue weighted by molar-refractivity contribution is 0.0450. The Balaban J connectivity index is 1.55. The zero-order valence-corrected chi connectivity index (χ0v) is 18.4. The summed E-state index contributed by atoms with van der Waals surface area (Å²) in [5, 5.41) is 0. The third kappa shape index (κ3) is 6.41. The van der Waals surface area contributed by atoms with Crippen molar-refractivity contribution in [3.63, 3.8) is 0 Å². The highest BCUT2D eigenvalue weighted by molar-refractivity contribution is 9.10. The number of halogens is 1. The van der Waals surface area contributed by atoms with Crippen molar-refractivity contribution in [1.82, 2.24) is 4.72 Å². The Labute approximate surface area is 184 Å². The second-order valence-corrected chi connectivity index (χ2v) is 8.96. The van der Waals surface area contributed by atoms with Crippen LogP contribution in [0.3, 0.4) is 0 Å². The molecule has 0 amide bonds. The van der Waals surface area contributed by atoms with Crippen molar-refractivity contribution in [3.05, 3.63) is 94.5 Å². The molecular weight excluding hydrogens is 470 g/mol. The molecule has 6 nitrogen and oxygen atoms in total. The standard InChI is InChI=1S/C22H20BrNO5S/c23-19-9-5-10-20(15-19)28-12-13-29-22(25)18-8-4-11-21(14-18)30(26,27)24-16-17-6-2-1-3-7-17/h1-11,14-15,24H,12-13,16H2. The lowest BCUT2D eigenvalue weighted by Crippen LogP contribution is -2.23. The molecule has 0 atom stereocenters. The zero-order valence-electron chi connectivity index (χ0n) is 16.0. The van der Waals surface area contributed by atoms with Gasteiger partial charge >= 0.3 is 5.97 Å². The first-order chi connectivity index (χ1) is 14.4. The van der Waals surface area contributed by atoms with Gasteiger partial charge in [0.1, 0.15) is 19.0 Å². The van der Waals surface area contributed by atoms with Gasteiger partial charge < -0.3 is 9.47 Å². The monoisotopic (exact) mass is 489 g/mol. The van der Waals surface area contributed by atoms with Crippen LogP contribution in [0.1, 0.15) is 15.9 Å². The minimum atomic E-state index is -3.77. The van der Waals surface area contributed by atoms with Gasteiger partial charge in [0, 0.05) is 11.0 Å². The molecule has 3 rings (SSSR count). The number of esters is 1. The van der Waals surface area contributed by atoms with Crippen LogP contribution in [-0.2, 0) is 21.3 Å². The fourth-order valence-corrected chi connectivity index (χ4v) is 4.02. The molecule has 0 aromatic heterocycles. The molecule has 1 N–H and O–H groups in total. The van der Waals surface area contributed by atoms with Crippen LogP contribution in [0.2, 0.25) is 0 Å². The number of nitrogens with one attached hydrogen (secondary N) is 1. The zero-order chi connectivity index (χ0) is 21.4. The predicted octanol–water partition coefficient (Wildman–Crippen LogP) is 4.16. The first kappa shape index (κ1) is 22.0. The molecule has 0 saturated heterocycles. The number of rotatable bonds is 9. The van der Waals surface area contributed by atoms with E-state index in [1.165, 1.54) is 24.3 Å². The SMILES string of the molecule is O=C(OCCOc1cccc(Br)c1)c1cccc(S(=O)(=O)NCc2ccccc2)c1. The molecular formula is C22H20BrNO5S. The summed E-state index contributed by atoms with van der Waals surface area (Å²) in [4.78, 5) is 12.3. The van der Waals surface area contributed by atoms with E-state index in [-0.39, 0.29) is 30.2 Å². The normalized spacial score (nSPS) is 11.1. The van der Waals surface area contributed by atoms with Crippen molar-refractivity contribution in [3.8, 4) is 5.75 Å². The Morgan fingerprint density at radius 3 is 2.43 bits per heavy atom. The molecule has 0 bridgehead atoms. The average Bonchev–Trinajstić information content (AvgIpc) is 2.76. The van der Waals surface area contributed by atoms with Gasteiger partial charge in [0.15, 0.2) is 0 Å². The highest BCUT2D eigenvalue weighted by Crippen LogP contribution is 2.18. The minimum absolute atomic E-state index is 0.00160. The van der Waals surface area contributed by atoms with Crippen molar-refractivity contribution in [2.24, 2.45) is 0 Å². The number of carbonyl (C=O) groups is 1. The van der Waals surface area contributed by atoms with E-state index in [0.717, 1.165) is 10.0 Å². The van der Waals surface area contributed by atoms with Crippen LogP contribution >= 0.6 is 15.9 Å². The quantitative estimate of drug-likeness (QED) is 0.360. The Morgan fingerprint density at radius 1 is 0.900 bits per heavy atom. The third-order valence-electron chi connectivity index (χ3n) is 4.07. The molecule has 0 aliphatic heterocycles. The fraction of sp³-hybridized carbons (Fsp3) is 0.136. The van der Waals surface area contributed by atoms with E-state index in [1.807, 2.05) is 42.5 Å². The molecule has 0 radical (unpaired) electrons. The molecule has 8 heteroatoms. The van der Waals surface area contributed by atoms with Crippen molar-refractivity contribution in [2.45, 2.75) is 11.4 Å². The first-order valence-electron chi connectivity index (χ1n) is 9.13. The highest BCUT2D eigenvalue weighted by atomic mass is 79.9. The second-order valence-electron chi connectivity index (χ2n) is 6.28. The molecule has 0 aliphatic carbocycles. The number of benzene rings is 3. The van der Waals surface area contributed by atoms with Crippen LogP contribution in [-0.4, -0.2) is 27.6 Å². The third-order valence-corrected chi connectivity index (χ3v) is 5.96. The first-order valence-corrected chi connectivity index (χ1v) is 11.4. The van der Waals surface area contributed by atoms with Crippen molar-refractivity contribution >= 4 is 31.9 Å². The number of carbonyl (C=O) groups excluding carboxylic acids is 1. The van der Waals surface area contributed by atoms with E-state index in [4.69, 9.17) is 9.47 Å². The van der Waals surface area contributed by atoms with Gasteiger partial charge in [-0.15, -0.1) is 0 Å². The molecule has 0 spiro atoms. The van der Waals surface area contributed by atoms with Crippen molar-refractivity contribution in [1.29, 1.82) is 0 Å². The van der Waals surface area contributed by atoms with Gasteiger partial charge in [0.25, 0.3) is 0 Å². The smallest absolute Gasteiger partial charge is 0.338 e. The number of hydrogen-bond donors (Lipinski definition) is 1. The van der Waals surface area contributed by atoms with Crippen LogP contribution in [0.15, 0.2) is 88.2 Å². The Hall–Kier alpha value is -2.68. The Bertz CT molecular complexity index is 1100. The summed E-state index contributed by atoms with van der Waals surface area (Å²) in [6.45, 7) is 0.373. The lowest BCUT2D eigenvalue weighted by atomic mass is 10.2. The predicted molar refractivity (Wildman–Crippen MR) is 117 cm³/mol. The summed E-state index contributed by atoms with van der Waals surface area (Å²) < 4.78 is 39.2. The maximum absolute atomic E-state index is 12.5. The van der Waals surface area contributed by atoms with Crippen LogP contribution < -0.4 is 9.46 Å². The topological polar surface area (TPSA) is 81.7 Å². The number of sulfonamides is 1. The van der Waals surface area contributed by atoms with Gasteiger partial charge in [0.05, 0.1) is 10.5 Å². The number of hydrogen-bond acceptors (Lipinski definition) is 5. The van der Waals surface area contributed by atoms with Gasteiger partial charge in [-0.1, -0.05) is 58.4 Å². The molecule has 30 heavy (non-hydrogen) atoms. The molecule has 156 valence electrons. The molecule has 0 fully saturated rings. The van der Waals surface area contributed by atoms with Crippen LogP contribution in [0.4, 0.5) is 0 Å². The van der Waals surface area contributed by atoms with Crippen molar-refractivity contribution in [2.75, 3.05) is 13.2 Å². The highest BCUT2D eigenvalue weighted by Gasteiger charge is 2.16. The van der Waals surface area contributed by atoms with Gasteiger partial charge in [0.2, 0.25) is 10.0 Å². The maximum atomic E-state index is 12.5. The van der Waals surface area contributed by atoms with E-state index in [1.54, 1.807) is 12.1 Å². The minimum Gasteiger partial charge on any atom is -0.490 e. The van der Waals surface area contributed by atoms with Gasteiger partial charge in [-0.3, -0.25) is 0 Å². The van der Waals surface area contributed by atoms with Gasteiger partial charge in [-0.25, -0.2) is 17.9 Å². The molecule has 0 aliphatic rings. The molecule has 0 heterocycles. The van der Waals surface area contributed by atoms with Crippen LogP contribution in [0.5, 0.6) is 5.75 Å². The summed E-state index contributed by atoms with van der Waals surface area (Å²) in [6, 6.07) is 22.2. The largest absolute Gasteiger partial charge is 0.490 e. The molecule has 3 aromatic rings. The van der Waals surface area contributed by atoms with Crippen LogP contribution in [0.25, 0.3) is 0 Å². The lowest BCUT2D eigenvalue weighted by Gasteiger charge is -2.10. The summed E-state index contributed by atoms with van der Waals surface area (Å²) in [5.41, 5.74) is 0.988. The van der Waals surface area contributed by atoms with E-state index in [9.17, 15) is 13.2 Å². The Morgan fingerprint density at radius 2 is 1.67 bits per heavy atom. The van der Waals surface area contributed by atoms with Crippen LogP contribution in [0, 0.1) is 0 Å². The number of ether oxygens (including phenoxy) is 2. The summed E-state index contributed by atoms with van der Waals surface area (Å²) >= 11 is 3.35. The fourth-order valence-electron chi connectivity index (χ4n) is 2.58. The van der Waals surface area contributed by atoms with E-state index in [2.05, 4.69) is 20.7 Å². The summed E-state index contributed by atoms with van der Waals surface area (Å²) in [7, 11) is -3.77.